The van der Waals surface area contributed by atoms with E-state index >= 15 is 0 Å². The van der Waals surface area contributed by atoms with Gasteiger partial charge in [-0.05, 0) is 67.2 Å². The van der Waals surface area contributed by atoms with E-state index in [9.17, 15) is 13.2 Å². The molecule has 0 saturated carbocycles. The average Bonchev–Trinajstić information content (AvgIpc) is 3.29. The normalized spacial score (nSPS) is 12.0. The maximum Gasteiger partial charge on any atom is 0.269 e. The van der Waals surface area contributed by atoms with Gasteiger partial charge in [-0.2, -0.15) is 0 Å². The van der Waals surface area contributed by atoms with Crippen molar-refractivity contribution in [3.8, 4) is 11.5 Å². The Balaban J connectivity index is 1.30. The van der Waals surface area contributed by atoms with Crippen molar-refractivity contribution < 1.29 is 22.7 Å². The van der Waals surface area contributed by atoms with E-state index in [0.29, 0.717) is 18.0 Å². The van der Waals surface area contributed by atoms with Crippen LogP contribution in [0.5, 0.6) is 11.5 Å². The number of hydrogen-bond acceptors (Lipinski definition) is 6. The van der Waals surface area contributed by atoms with Gasteiger partial charge in [0, 0.05) is 17.8 Å². The Bertz CT molecular complexity index is 1330. The average molecular weight is 499 g/mol. The fourth-order valence-corrected chi connectivity index (χ4v) is 4.29. The van der Waals surface area contributed by atoms with E-state index in [1.165, 1.54) is 18.2 Å². The van der Waals surface area contributed by atoms with E-state index in [2.05, 4.69) is 20.9 Å². The third kappa shape index (κ3) is 5.74. The maximum absolute atomic E-state index is 12.6. The Hall–Kier alpha value is -3.83. The Morgan fingerprint density at radius 3 is 2.53 bits per heavy atom. The number of ether oxygens (including phenoxy) is 2. The summed E-state index contributed by atoms with van der Waals surface area (Å²) in [5.41, 5.74) is 7.50. The highest BCUT2D eigenvalue weighted by Crippen LogP contribution is 2.32. The minimum absolute atomic E-state index is 0.133. The summed E-state index contributed by atoms with van der Waals surface area (Å²) in [7, 11) is -3.78. The zero-order valence-corrected chi connectivity index (χ0v) is 19.8. The smallest absolute Gasteiger partial charge is 0.269 e. The Morgan fingerprint density at radius 1 is 0.971 bits per heavy atom. The van der Waals surface area contributed by atoms with Crippen LogP contribution >= 0.6 is 12.2 Å². The standard InChI is InChI=1S/C23H22N4O5S2/c1-15-5-8-19(9-6-15)34(29,30)27-18-4-2-3-17(12-18)22(28)25-26-23(33)24-13-16-7-10-20-21(11-16)32-14-31-20/h2-12,27H,13-14H2,1H3,(H,25,28)(H2,24,26,33). The number of hydrazine groups is 1. The van der Waals surface area contributed by atoms with Gasteiger partial charge in [0.25, 0.3) is 15.9 Å². The number of hydrogen-bond donors (Lipinski definition) is 4. The summed E-state index contributed by atoms with van der Waals surface area (Å²) in [6.07, 6.45) is 0. The van der Waals surface area contributed by atoms with Crippen LogP contribution in [0.2, 0.25) is 0 Å². The molecule has 0 radical (unpaired) electrons. The highest BCUT2D eigenvalue weighted by molar-refractivity contribution is 7.92. The van der Waals surface area contributed by atoms with Crippen LogP contribution in [0.25, 0.3) is 0 Å². The fraction of sp³-hybridized carbons (Fsp3) is 0.130. The molecule has 1 aliphatic rings. The maximum atomic E-state index is 12.6. The second-order valence-electron chi connectivity index (χ2n) is 7.45. The topological polar surface area (TPSA) is 118 Å². The van der Waals surface area contributed by atoms with Crippen LogP contribution in [0.3, 0.4) is 0 Å². The number of aryl methyl sites for hydroxylation is 1. The molecule has 3 aromatic carbocycles. The SMILES string of the molecule is Cc1ccc(S(=O)(=O)Nc2cccc(C(=O)NNC(=S)NCc3ccc4c(c3)OCO4)c2)cc1. The Labute approximate surface area is 202 Å². The van der Waals surface area contributed by atoms with E-state index in [1.807, 2.05) is 25.1 Å². The lowest BCUT2D eigenvalue weighted by atomic mass is 10.2. The number of benzene rings is 3. The van der Waals surface area contributed by atoms with Gasteiger partial charge in [0.1, 0.15) is 0 Å². The van der Waals surface area contributed by atoms with Crippen LogP contribution in [0.4, 0.5) is 5.69 Å². The van der Waals surface area contributed by atoms with Crippen LogP contribution in [0.1, 0.15) is 21.5 Å². The molecule has 176 valence electrons. The first-order chi connectivity index (χ1) is 16.3. The molecule has 34 heavy (non-hydrogen) atoms. The first-order valence-corrected chi connectivity index (χ1v) is 12.1. The number of anilines is 1. The first-order valence-electron chi connectivity index (χ1n) is 10.2. The number of sulfonamides is 1. The highest BCUT2D eigenvalue weighted by atomic mass is 32.2. The monoisotopic (exact) mass is 498 g/mol. The second-order valence-corrected chi connectivity index (χ2v) is 9.54. The minimum atomic E-state index is -3.78. The third-order valence-corrected chi connectivity index (χ3v) is 6.53. The lowest BCUT2D eigenvalue weighted by molar-refractivity contribution is 0.0943. The van der Waals surface area contributed by atoms with Crippen molar-refractivity contribution in [2.24, 2.45) is 0 Å². The largest absolute Gasteiger partial charge is 0.454 e. The molecule has 0 unspecified atom stereocenters. The molecular formula is C23H22N4O5S2. The molecule has 0 fully saturated rings. The van der Waals surface area contributed by atoms with Gasteiger partial charge in [-0.3, -0.25) is 20.4 Å². The van der Waals surface area contributed by atoms with Crippen molar-refractivity contribution in [3.05, 3.63) is 83.4 Å². The van der Waals surface area contributed by atoms with Crippen LogP contribution in [-0.4, -0.2) is 26.2 Å². The van der Waals surface area contributed by atoms with Crippen molar-refractivity contribution >= 4 is 38.9 Å². The number of rotatable bonds is 6. The van der Waals surface area contributed by atoms with E-state index in [-0.39, 0.29) is 28.1 Å². The fourth-order valence-electron chi connectivity index (χ4n) is 3.12. The molecule has 0 atom stereocenters. The third-order valence-electron chi connectivity index (χ3n) is 4.89. The van der Waals surface area contributed by atoms with Crippen LogP contribution < -0.4 is 30.4 Å². The Morgan fingerprint density at radius 2 is 1.74 bits per heavy atom. The van der Waals surface area contributed by atoms with Gasteiger partial charge in [0.15, 0.2) is 16.6 Å². The molecule has 4 N–H and O–H groups in total. The number of fused-ring (bicyclic) bond motifs is 1. The molecule has 1 amide bonds. The van der Waals surface area contributed by atoms with Crippen LogP contribution in [0.15, 0.2) is 71.6 Å². The van der Waals surface area contributed by atoms with Gasteiger partial charge in [-0.15, -0.1) is 0 Å². The zero-order chi connectivity index (χ0) is 24.1. The van der Waals surface area contributed by atoms with Crippen molar-refractivity contribution in [2.75, 3.05) is 11.5 Å². The van der Waals surface area contributed by atoms with Crippen molar-refractivity contribution in [1.82, 2.24) is 16.2 Å². The molecule has 0 spiro atoms. The van der Waals surface area contributed by atoms with Crippen molar-refractivity contribution in [1.29, 1.82) is 0 Å². The van der Waals surface area contributed by atoms with Gasteiger partial charge in [-0.25, -0.2) is 8.42 Å². The van der Waals surface area contributed by atoms with Gasteiger partial charge >= 0.3 is 0 Å². The molecule has 1 heterocycles. The molecule has 0 saturated heterocycles. The van der Waals surface area contributed by atoms with Crippen LogP contribution in [0, 0.1) is 6.92 Å². The van der Waals surface area contributed by atoms with E-state index in [4.69, 9.17) is 21.7 Å². The molecular weight excluding hydrogens is 476 g/mol. The second kappa shape index (κ2) is 9.98. The minimum Gasteiger partial charge on any atom is -0.454 e. The molecule has 3 aromatic rings. The lowest BCUT2D eigenvalue weighted by Crippen LogP contribution is -2.46. The molecule has 9 nitrogen and oxygen atoms in total. The predicted molar refractivity (Wildman–Crippen MR) is 131 cm³/mol. The molecule has 1 aliphatic heterocycles. The summed E-state index contributed by atoms with van der Waals surface area (Å²) in [5, 5.41) is 3.19. The number of amides is 1. The summed E-state index contributed by atoms with van der Waals surface area (Å²) in [5.74, 6) is 0.882. The number of thiocarbonyl (C=S) groups is 1. The molecule has 0 aliphatic carbocycles. The van der Waals surface area contributed by atoms with Gasteiger partial charge < -0.3 is 14.8 Å². The summed E-state index contributed by atoms with van der Waals surface area (Å²) in [6.45, 7) is 2.49. The molecule has 11 heteroatoms. The van der Waals surface area contributed by atoms with Gasteiger partial charge in [-0.1, -0.05) is 29.8 Å². The van der Waals surface area contributed by atoms with Crippen LogP contribution in [-0.2, 0) is 16.6 Å². The summed E-state index contributed by atoms with van der Waals surface area (Å²) in [6, 6.07) is 18.2. The van der Waals surface area contributed by atoms with Gasteiger partial charge in [0.05, 0.1) is 4.90 Å². The highest BCUT2D eigenvalue weighted by Gasteiger charge is 2.16. The lowest BCUT2D eigenvalue weighted by Gasteiger charge is -2.13. The quantitative estimate of drug-likeness (QED) is 0.303. The zero-order valence-electron chi connectivity index (χ0n) is 18.1. The molecule has 0 bridgehead atoms. The number of carbonyl (C=O) groups excluding carboxylic acids is 1. The van der Waals surface area contributed by atoms with E-state index in [1.54, 1.807) is 30.3 Å². The predicted octanol–water partition coefficient (Wildman–Crippen LogP) is 2.83. The summed E-state index contributed by atoms with van der Waals surface area (Å²) >= 11 is 5.20. The summed E-state index contributed by atoms with van der Waals surface area (Å²) < 4.78 is 38.3. The summed E-state index contributed by atoms with van der Waals surface area (Å²) in [4.78, 5) is 12.6. The molecule has 0 aromatic heterocycles. The molecule has 4 rings (SSSR count). The Kier molecular flexibility index (Phi) is 6.85. The van der Waals surface area contributed by atoms with E-state index in [0.717, 1.165) is 11.1 Å². The first kappa shape index (κ1) is 23.3. The van der Waals surface area contributed by atoms with Gasteiger partial charge in [0.2, 0.25) is 6.79 Å². The van der Waals surface area contributed by atoms with Crippen molar-refractivity contribution in [3.63, 3.8) is 0 Å². The van der Waals surface area contributed by atoms with Crippen molar-refractivity contribution in [2.45, 2.75) is 18.4 Å². The number of carbonyl (C=O) groups is 1. The number of nitrogens with one attached hydrogen (secondary N) is 4. The van der Waals surface area contributed by atoms with E-state index < -0.39 is 15.9 Å².